The van der Waals surface area contributed by atoms with Crippen molar-refractivity contribution in [3.63, 3.8) is 0 Å². The summed E-state index contributed by atoms with van der Waals surface area (Å²) in [5, 5.41) is 10.7. The number of carbonyl (C=O) groups is 2. The summed E-state index contributed by atoms with van der Waals surface area (Å²) in [5.74, 6) is -2.50. The lowest BCUT2D eigenvalue weighted by atomic mass is 9.81. The lowest BCUT2D eigenvalue weighted by Gasteiger charge is -2.40. The average Bonchev–Trinajstić information content (AvgIpc) is 2.96. The van der Waals surface area contributed by atoms with Crippen molar-refractivity contribution < 1.29 is 19.1 Å². The Morgan fingerprint density at radius 2 is 1.68 bits per heavy atom. The molecule has 1 atom stereocenters. The maximum absolute atomic E-state index is 13.4. The molecule has 2 heterocycles. The van der Waals surface area contributed by atoms with Crippen LogP contribution >= 0.6 is 11.6 Å². The number of rotatable bonds is 6. The summed E-state index contributed by atoms with van der Waals surface area (Å²) in [4.78, 5) is 32.6. The lowest BCUT2D eigenvalue weighted by molar-refractivity contribution is -0.139. The topological polar surface area (TPSA) is 112 Å². The molecular formula is C28H30ClN5O4. The number of para-hydroxylation sites is 1. The smallest absolute Gasteiger partial charge is 0.355 e. The van der Waals surface area contributed by atoms with Gasteiger partial charge in [0.15, 0.2) is 0 Å². The van der Waals surface area contributed by atoms with Crippen LogP contribution in [-0.4, -0.2) is 63.8 Å². The van der Waals surface area contributed by atoms with Crippen LogP contribution in [0.2, 0.25) is 5.02 Å². The molecule has 0 radical (unpaired) electrons. The Morgan fingerprint density at radius 1 is 1.03 bits per heavy atom. The third-order valence-electron chi connectivity index (χ3n) is 6.95. The average molecular weight is 536 g/mol. The number of ether oxygens (including phenoxy) is 2. The number of hydrogen-bond donors (Lipinski definition) is 1. The SMILES string of the molecule is CCN1CCN(c2c(Cl)cccc2N2C(N)=C(C#N)C(c3ccccc3)C(C(=O)OC)=C2C(=O)OC)CC1. The predicted molar refractivity (Wildman–Crippen MR) is 145 cm³/mol. The molecule has 0 saturated carbocycles. The number of nitrogens with two attached hydrogens (primary N) is 1. The van der Waals surface area contributed by atoms with E-state index in [-0.39, 0.29) is 22.7 Å². The zero-order valence-electron chi connectivity index (χ0n) is 21.6. The van der Waals surface area contributed by atoms with E-state index >= 15 is 0 Å². The van der Waals surface area contributed by atoms with E-state index in [0.717, 1.165) is 19.6 Å². The molecule has 0 spiro atoms. The van der Waals surface area contributed by atoms with Crippen LogP contribution in [0.1, 0.15) is 18.4 Å². The van der Waals surface area contributed by atoms with Crippen molar-refractivity contribution in [3.8, 4) is 6.07 Å². The molecule has 2 N–H and O–H groups in total. The number of nitriles is 1. The van der Waals surface area contributed by atoms with Crippen LogP contribution in [0.4, 0.5) is 11.4 Å². The highest BCUT2D eigenvalue weighted by Gasteiger charge is 2.44. The van der Waals surface area contributed by atoms with E-state index in [0.29, 0.717) is 35.1 Å². The number of esters is 2. The summed E-state index contributed by atoms with van der Waals surface area (Å²) in [5.41, 5.74) is 8.34. The summed E-state index contributed by atoms with van der Waals surface area (Å²) in [6.45, 7) is 6.11. The number of halogens is 1. The normalized spacial score (nSPS) is 18.3. The number of methoxy groups -OCH3 is 2. The first-order chi connectivity index (χ1) is 18.4. The molecule has 1 saturated heterocycles. The Balaban J connectivity index is 2.00. The number of allylic oxidation sites excluding steroid dienone is 1. The van der Waals surface area contributed by atoms with E-state index in [1.54, 1.807) is 42.5 Å². The van der Waals surface area contributed by atoms with Gasteiger partial charge in [-0.05, 0) is 24.2 Å². The van der Waals surface area contributed by atoms with Gasteiger partial charge in [0.05, 0.1) is 53.8 Å². The fraction of sp³-hybridized carbons (Fsp3) is 0.321. The molecule has 1 unspecified atom stereocenters. The number of nitrogens with zero attached hydrogens (tertiary/aromatic N) is 4. The first-order valence-corrected chi connectivity index (χ1v) is 12.7. The Bertz CT molecular complexity index is 1330. The summed E-state index contributed by atoms with van der Waals surface area (Å²) in [6, 6.07) is 16.3. The number of anilines is 2. The highest BCUT2D eigenvalue weighted by molar-refractivity contribution is 6.34. The predicted octanol–water partition coefficient (Wildman–Crippen LogP) is 3.38. The first kappa shape index (κ1) is 27.0. The van der Waals surface area contributed by atoms with Gasteiger partial charge in [0, 0.05) is 26.2 Å². The maximum Gasteiger partial charge on any atom is 0.355 e. The van der Waals surface area contributed by atoms with Gasteiger partial charge in [-0.15, -0.1) is 0 Å². The van der Waals surface area contributed by atoms with Crippen molar-refractivity contribution >= 4 is 34.9 Å². The van der Waals surface area contributed by atoms with Crippen LogP contribution in [0.3, 0.4) is 0 Å². The minimum atomic E-state index is -0.935. The zero-order valence-corrected chi connectivity index (χ0v) is 22.4. The third-order valence-corrected chi connectivity index (χ3v) is 7.26. The number of likely N-dealkylation sites (N-methyl/N-ethyl adjacent to an activating group) is 1. The largest absolute Gasteiger partial charge is 0.466 e. The van der Waals surface area contributed by atoms with Crippen molar-refractivity contribution in [1.82, 2.24) is 4.90 Å². The summed E-state index contributed by atoms with van der Waals surface area (Å²) < 4.78 is 10.3. The first-order valence-electron chi connectivity index (χ1n) is 12.3. The second-order valence-corrected chi connectivity index (χ2v) is 9.27. The Morgan fingerprint density at radius 3 is 2.26 bits per heavy atom. The van der Waals surface area contributed by atoms with E-state index in [4.69, 9.17) is 26.8 Å². The second-order valence-electron chi connectivity index (χ2n) is 8.86. The molecule has 0 amide bonds. The quantitative estimate of drug-likeness (QED) is 0.556. The maximum atomic E-state index is 13.4. The van der Waals surface area contributed by atoms with Crippen molar-refractivity contribution in [1.29, 1.82) is 5.26 Å². The number of benzene rings is 2. The number of carbonyl (C=O) groups excluding carboxylic acids is 2. The van der Waals surface area contributed by atoms with Crippen LogP contribution < -0.4 is 15.5 Å². The molecule has 2 aliphatic rings. The molecule has 10 heteroatoms. The van der Waals surface area contributed by atoms with Crippen molar-refractivity contribution in [3.05, 3.63) is 81.8 Å². The number of hydrogen-bond acceptors (Lipinski definition) is 9. The van der Waals surface area contributed by atoms with Crippen molar-refractivity contribution in [2.45, 2.75) is 12.8 Å². The molecule has 2 aromatic rings. The molecule has 2 aliphatic heterocycles. The van der Waals surface area contributed by atoms with Crippen LogP contribution in [0, 0.1) is 11.3 Å². The monoisotopic (exact) mass is 535 g/mol. The summed E-state index contributed by atoms with van der Waals surface area (Å²) >= 11 is 6.75. The summed E-state index contributed by atoms with van der Waals surface area (Å²) in [6.07, 6.45) is 0. The van der Waals surface area contributed by atoms with Gasteiger partial charge in [-0.2, -0.15) is 5.26 Å². The van der Waals surface area contributed by atoms with Crippen LogP contribution in [0.5, 0.6) is 0 Å². The molecule has 198 valence electrons. The Labute approximate surface area is 227 Å². The van der Waals surface area contributed by atoms with E-state index in [1.165, 1.54) is 19.1 Å². The highest BCUT2D eigenvalue weighted by atomic mass is 35.5. The van der Waals surface area contributed by atoms with Gasteiger partial charge >= 0.3 is 11.9 Å². The van der Waals surface area contributed by atoms with E-state index in [1.807, 2.05) is 6.07 Å². The van der Waals surface area contributed by atoms with Crippen LogP contribution in [0.25, 0.3) is 0 Å². The summed E-state index contributed by atoms with van der Waals surface area (Å²) in [7, 11) is 2.45. The van der Waals surface area contributed by atoms with Gasteiger partial charge in [0.1, 0.15) is 11.5 Å². The molecule has 9 nitrogen and oxygen atoms in total. The molecule has 38 heavy (non-hydrogen) atoms. The molecule has 0 aliphatic carbocycles. The van der Waals surface area contributed by atoms with Crippen molar-refractivity contribution in [2.75, 3.05) is 56.7 Å². The van der Waals surface area contributed by atoms with Gasteiger partial charge in [-0.3, -0.25) is 4.90 Å². The van der Waals surface area contributed by atoms with E-state index in [2.05, 4.69) is 22.8 Å². The van der Waals surface area contributed by atoms with E-state index in [9.17, 15) is 14.9 Å². The molecular weight excluding hydrogens is 506 g/mol. The van der Waals surface area contributed by atoms with Gasteiger partial charge in [-0.25, -0.2) is 9.59 Å². The highest BCUT2D eigenvalue weighted by Crippen LogP contribution is 2.47. The fourth-order valence-corrected chi connectivity index (χ4v) is 5.34. The molecule has 4 rings (SSSR count). The van der Waals surface area contributed by atoms with Crippen LogP contribution in [0.15, 0.2) is 71.2 Å². The molecule has 0 bridgehead atoms. The number of piperazine rings is 1. The minimum Gasteiger partial charge on any atom is -0.466 e. The molecule has 1 fully saturated rings. The van der Waals surface area contributed by atoms with Crippen LogP contribution in [-0.2, 0) is 19.1 Å². The Kier molecular flexibility index (Phi) is 8.25. The third kappa shape index (κ3) is 4.80. The standard InChI is InChI=1S/C28H30ClN5O4/c1-4-32-13-15-33(16-14-32)24-20(29)11-8-12-21(24)34-25(28(36)38-3)23(27(35)37-2)22(19(17-30)26(34)31)18-9-6-5-7-10-18/h5-12,22H,4,13-16,31H2,1-3H3. The molecule has 2 aromatic carbocycles. The lowest BCUT2D eigenvalue weighted by Crippen LogP contribution is -2.47. The van der Waals surface area contributed by atoms with Crippen molar-refractivity contribution in [2.24, 2.45) is 5.73 Å². The zero-order chi connectivity index (χ0) is 27.4. The van der Waals surface area contributed by atoms with Gasteiger partial charge < -0.3 is 25.0 Å². The fourth-order valence-electron chi connectivity index (χ4n) is 5.05. The van der Waals surface area contributed by atoms with Gasteiger partial charge in [-0.1, -0.05) is 54.9 Å². The second kappa shape index (κ2) is 11.6. The van der Waals surface area contributed by atoms with E-state index < -0.39 is 17.9 Å². The van der Waals surface area contributed by atoms with Gasteiger partial charge in [0.25, 0.3) is 0 Å². The minimum absolute atomic E-state index is 0.00474. The molecule has 0 aromatic heterocycles. The van der Waals surface area contributed by atoms with Gasteiger partial charge in [0.2, 0.25) is 0 Å². The Hall–Kier alpha value is -4.00.